The molecule has 1 aromatic rings. The van der Waals surface area contributed by atoms with Crippen LogP contribution in [0.5, 0.6) is 0 Å². The maximum absolute atomic E-state index is 11.5. The van der Waals surface area contributed by atoms with E-state index in [0.717, 1.165) is 24.4 Å². The predicted octanol–water partition coefficient (Wildman–Crippen LogP) is 0.247. The molecule has 0 saturated heterocycles. The van der Waals surface area contributed by atoms with Crippen LogP contribution in [0, 0.1) is 5.92 Å². The highest BCUT2D eigenvalue weighted by molar-refractivity contribution is 7.09. The van der Waals surface area contributed by atoms with Gasteiger partial charge in [-0.1, -0.05) is 16.5 Å². The zero-order valence-corrected chi connectivity index (χ0v) is 8.75. The molecule has 1 unspecified atom stereocenters. The lowest BCUT2D eigenvalue weighted by Crippen LogP contribution is -2.21. The van der Waals surface area contributed by atoms with Crippen molar-refractivity contribution in [2.75, 3.05) is 11.9 Å². The number of hydrogen-bond acceptors (Lipinski definition) is 6. The highest BCUT2D eigenvalue weighted by atomic mass is 32.1. The summed E-state index contributed by atoms with van der Waals surface area (Å²) in [6, 6.07) is 0. The number of carbonyl (C=O) groups excluding carboxylic acids is 1. The van der Waals surface area contributed by atoms with Crippen LogP contribution >= 0.6 is 11.5 Å². The van der Waals surface area contributed by atoms with Gasteiger partial charge in [0.1, 0.15) is 0 Å². The van der Waals surface area contributed by atoms with Gasteiger partial charge in [0.25, 0.3) is 0 Å². The predicted molar refractivity (Wildman–Crippen MR) is 53.8 cm³/mol. The average molecular weight is 215 g/mol. The van der Waals surface area contributed by atoms with Crippen LogP contribution < -0.4 is 11.1 Å². The number of aromatic nitrogens is 3. The molecule has 1 amide bonds. The van der Waals surface area contributed by atoms with E-state index in [1.165, 1.54) is 0 Å². The van der Waals surface area contributed by atoms with Crippen LogP contribution in [0.4, 0.5) is 5.13 Å². The largest absolute Gasteiger partial charge is 0.330 e. The molecule has 0 spiro atoms. The maximum Gasteiger partial charge on any atom is 0.231 e. The number of rotatable bonds is 5. The van der Waals surface area contributed by atoms with E-state index in [-0.39, 0.29) is 11.8 Å². The summed E-state index contributed by atoms with van der Waals surface area (Å²) < 4.78 is 3.54. The van der Waals surface area contributed by atoms with E-state index in [2.05, 4.69) is 20.1 Å². The first kappa shape index (κ1) is 11.0. The van der Waals surface area contributed by atoms with Gasteiger partial charge in [-0.25, -0.2) is 0 Å². The van der Waals surface area contributed by atoms with Crippen molar-refractivity contribution >= 4 is 22.6 Å². The molecule has 1 aromatic heterocycles. The molecule has 0 aliphatic rings. The Labute approximate surface area is 86.0 Å². The van der Waals surface area contributed by atoms with Crippen LogP contribution in [0.25, 0.3) is 0 Å². The summed E-state index contributed by atoms with van der Waals surface area (Å²) in [6.07, 6.45) is 1.64. The summed E-state index contributed by atoms with van der Waals surface area (Å²) in [6.45, 7) is 2.47. The van der Waals surface area contributed by atoms with Gasteiger partial charge < -0.3 is 5.73 Å². The van der Waals surface area contributed by atoms with Gasteiger partial charge in [0.05, 0.1) is 0 Å². The first-order valence-electron chi connectivity index (χ1n) is 4.40. The lowest BCUT2D eigenvalue weighted by atomic mass is 10.1. The summed E-state index contributed by atoms with van der Waals surface area (Å²) in [4.78, 5) is 11.5. The molecule has 0 aliphatic carbocycles. The van der Waals surface area contributed by atoms with Gasteiger partial charge in [-0.05, 0) is 24.6 Å². The van der Waals surface area contributed by atoms with Crippen molar-refractivity contribution in [3.63, 3.8) is 0 Å². The molecule has 6 nitrogen and oxygen atoms in total. The Balaban J connectivity index is 2.34. The van der Waals surface area contributed by atoms with Crippen LogP contribution in [0.15, 0.2) is 0 Å². The van der Waals surface area contributed by atoms with Crippen LogP contribution in [-0.2, 0) is 4.79 Å². The van der Waals surface area contributed by atoms with E-state index in [1.807, 2.05) is 6.92 Å². The van der Waals surface area contributed by atoms with E-state index in [0.29, 0.717) is 11.7 Å². The third kappa shape index (κ3) is 3.35. The second-order valence-electron chi connectivity index (χ2n) is 2.99. The van der Waals surface area contributed by atoms with E-state index >= 15 is 0 Å². The molecule has 0 radical (unpaired) electrons. The molecule has 1 rings (SSSR count). The second-order valence-corrected chi connectivity index (χ2v) is 3.72. The minimum Gasteiger partial charge on any atom is -0.330 e. The highest BCUT2D eigenvalue weighted by Gasteiger charge is 2.13. The quantitative estimate of drug-likeness (QED) is 0.734. The number of nitrogens with two attached hydrogens (primary N) is 1. The normalized spacial score (nSPS) is 12.4. The van der Waals surface area contributed by atoms with Gasteiger partial charge in [0, 0.05) is 17.5 Å². The number of anilines is 1. The zero-order chi connectivity index (χ0) is 10.4. The monoisotopic (exact) mass is 215 g/mol. The molecule has 0 saturated carbocycles. The molecule has 1 heterocycles. The fourth-order valence-electron chi connectivity index (χ4n) is 0.966. The van der Waals surface area contributed by atoms with Crippen molar-refractivity contribution in [1.82, 2.24) is 14.8 Å². The Morgan fingerprint density at radius 1 is 1.71 bits per heavy atom. The standard InChI is InChI=1S/C7H13N5OS/c1-5(3-2-4-8)6(13)9-7-10-11-12-14-7/h5H,2-4,8H2,1H3,(H,9,10,12,13). The maximum atomic E-state index is 11.5. The molecule has 14 heavy (non-hydrogen) atoms. The minimum atomic E-state index is -0.0583. The molecule has 0 bridgehead atoms. The Hall–Kier alpha value is -1.08. The first-order valence-corrected chi connectivity index (χ1v) is 5.17. The van der Waals surface area contributed by atoms with Gasteiger partial charge in [-0.15, -0.1) is 0 Å². The third-order valence-corrected chi connectivity index (χ3v) is 2.33. The Morgan fingerprint density at radius 2 is 2.50 bits per heavy atom. The van der Waals surface area contributed by atoms with E-state index < -0.39 is 0 Å². The summed E-state index contributed by atoms with van der Waals surface area (Å²) >= 11 is 1.06. The minimum absolute atomic E-state index is 0.0533. The van der Waals surface area contributed by atoms with Crippen molar-refractivity contribution in [2.24, 2.45) is 11.7 Å². The van der Waals surface area contributed by atoms with Crippen molar-refractivity contribution in [3.8, 4) is 0 Å². The van der Waals surface area contributed by atoms with Gasteiger partial charge in [-0.2, -0.15) is 0 Å². The highest BCUT2D eigenvalue weighted by Crippen LogP contribution is 2.10. The van der Waals surface area contributed by atoms with Crippen LogP contribution in [0.1, 0.15) is 19.8 Å². The van der Waals surface area contributed by atoms with Gasteiger partial charge in [0.2, 0.25) is 11.0 Å². The van der Waals surface area contributed by atoms with E-state index in [1.54, 1.807) is 0 Å². The number of amides is 1. The molecule has 3 N–H and O–H groups in total. The lowest BCUT2D eigenvalue weighted by molar-refractivity contribution is -0.119. The Morgan fingerprint density at radius 3 is 3.07 bits per heavy atom. The molecule has 1 atom stereocenters. The molecule has 78 valence electrons. The number of hydrogen-bond donors (Lipinski definition) is 2. The molecule has 0 fully saturated rings. The second kappa shape index (κ2) is 5.61. The number of nitrogens with zero attached hydrogens (tertiary/aromatic N) is 3. The molecule has 0 aromatic carbocycles. The van der Waals surface area contributed by atoms with Crippen molar-refractivity contribution in [1.29, 1.82) is 0 Å². The average Bonchev–Trinajstić information content (AvgIpc) is 2.66. The molecular formula is C7H13N5OS. The summed E-state index contributed by atoms with van der Waals surface area (Å²) in [5.41, 5.74) is 5.35. The van der Waals surface area contributed by atoms with Crippen LogP contribution in [-0.4, -0.2) is 27.3 Å². The zero-order valence-electron chi connectivity index (χ0n) is 7.93. The topological polar surface area (TPSA) is 93.8 Å². The molecule has 0 aliphatic heterocycles. The fraction of sp³-hybridized carbons (Fsp3) is 0.714. The fourth-order valence-corrected chi connectivity index (χ4v) is 1.34. The lowest BCUT2D eigenvalue weighted by Gasteiger charge is -2.08. The van der Waals surface area contributed by atoms with E-state index in [9.17, 15) is 4.79 Å². The van der Waals surface area contributed by atoms with Gasteiger partial charge in [-0.3, -0.25) is 10.1 Å². The van der Waals surface area contributed by atoms with Crippen LogP contribution in [0.3, 0.4) is 0 Å². The van der Waals surface area contributed by atoms with Crippen LogP contribution in [0.2, 0.25) is 0 Å². The first-order chi connectivity index (χ1) is 6.74. The Kier molecular flexibility index (Phi) is 4.41. The summed E-state index contributed by atoms with van der Waals surface area (Å²) in [7, 11) is 0. The smallest absolute Gasteiger partial charge is 0.231 e. The third-order valence-electron chi connectivity index (χ3n) is 1.82. The van der Waals surface area contributed by atoms with Crippen molar-refractivity contribution in [3.05, 3.63) is 0 Å². The number of nitrogens with one attached hydrogen (secondary N) is 1. The number of carbonyl (C=O) groups is 1. The summed E-state index contributed by atoms with van der Waals surface area (Å²) in [5.74, 6) is -0.112. The SMILES string of the molecule is CC(CCCN)C(=O)Nc1nnns1. The van der Waals surface area contributed by atoms with Gasteiger partial charge >= 0.3 is 0 Å². The van der Waals surface area contributed by atoms with E-state index in [4.69, 9.17) is 5.73 Å². The van der Waals surface area contributed by atoms with Crippen molar-refractivity contribution < 1.29 is 4.79 Å². The Bertz CT molecular complexity index is 276. The van der Waals surface area contributed by atoms with Crippen molar-refractivity contribution in [2.45, 2.75) is 19.8 Å². The molecular weight excluding hydrogens is 202 g/mol. The summed E-state index contributed by atoms with van der Waals surface area (Å²) in [5, 5.41) is 10.1. The molecule has 7 heteroatoms. The van der Waals surface area contributed by atoms with Gasteiger partial charge in [0.15, 0.2) is 0 Å².